The van der Waals surface area contributed by atoms with Gasteiger partial charge < -0.3 is 19.9 Å². The number of morpholine rings is 1. The summed E-state index contributed by atoms with van der Waals surface area (Å²) in [6.07, 6.45) is 3.14. The van der Waals surface area contributed by atoms with Crippen LogP contribution in [0.5, 0.6) is 0 Å². The minimum atomic E-state index is -0.224. The van der Waals surface area contributed by atoms with Gasteiger partial charge in [0.1, 0.15) is 17.0 Å². The van der Waals surface area contributed by atoms with Gasteiger partial charge in [-0.05, 0) is 25.1 Å². The fourth-order valence-electron chi connectivity index (χ4n) is 2.88. The van der Waals surface area contributed by atoms with Crippen LogP contribution in [0.2, 0.25) is 0 Å². The number of ether oxygens (including phenoxy) is 1. The summed E-state index contributed by atoms with van der Waals surface area (Å²) >= 11 is 0. The molecule has 1 aliphatic heterocycles. The number of aromatic nitrogens is 4. The first-order valence-electron chi connectivity index (χ1n) is 8.11. The second kappa shape index (κ2) is 6.48. The number of nitrogens with one attached hydrogen (secondary N) is 2. The molecule has 0 amide bonds. The summed E-state index contributed by atoms with van der Waals surface area (Å²) in [6.45, 7) is 4.98. The molecule has 4 heterocycles. The van der Waals surface area contributed by atoms with Crippen molar-refractivity contribution in [1.29, 1.82) is 0 Å². The van der Waals surface area contributed by atoms with Crippen LogP contribution in [0.4, 0.5) is 17.3 Å². The van der Waals surface area contributed by atoms with Crippen molar-refractivity contribution in [3.05, 3.63) is 46.8 Å². The van der Waals surface area contributed by atoms with E-state index in [1.165, 1.54) is 6.33 Å². The maximum atomic E-state index is 12.2. The third-order valence-electron chi connectivity index (χ3n) is 4.10. The van der Waals surface area contributed by atoms with Gasteiger partial charge >= 0.3 is 0 Å². The third-order valence-corrected chi connectivity index (χ3v) is 4.10. The Morgan fingerprint density at radius 3 is 2.84 bits per heavy atom. The van der Waals surface area contributed by atoms with Crippen molar-refractivity contribution in [1.82, 2.24) is 19.9 Å². The molecule has 3 aromatic rings. The number of anilines is 3. The molecular formula is C17H18N6O2. The Kier molecular flexibility index (Phi) is 4.02. The van der Waals surface area contributed by atoms with Crippen molar-refractivity contribution in [3.8, 4) is 0 Å². The fourth-order valence-corrected chi connectivity index (χ4v) is 2.88. The van der Waals surface area contributed by atoms with Crippen molar-refractivity contribution < 1.29 is 4.74 Å². The van der Waals surface area contributed by atoms with Gasteiger partial charge in [0.25, 0.3) is 5.56 Å². The summed E-state index contributed by atoms with van der Waals surface area (Å²) in [5, 5.41) is 3.62. The normalized spacial score (nSPS) is 14.7. The van der Waals surface area contributed by atoms with E-state index >= 15 is 0 Å². The van der Waals surface area contributed by atoms with Gasteiger partial charge in [-0.2, -0.15) is 0 Å². The Bertz CT molecular complexity index is 948. The molecule has 0 unspecified atom stereocenters. The Morgan fingerprint density at radius 2 is 2.08 bits per heavy atom. The molecule has 0 radical (unpaired) electrons. The molecule has 0 saturated carbocycles. The highest BCUT2D eigenvalue weighted by atomic mass is 16.5. The van der Waals surface area contributed by atoms with Crippen LogP contribution in [0.3, 0.4) is 0 Å². The topological polar surface area (TPSA) is 96.0 Å². The molecule has 0 aliphatic carbocycles. The van der Waals surface area contributed by atoms with Crippen molar-refractivity contribution in [3.63, 3.8) is 0 Å². The zero-order valence-corrected chi connectivity index (χ0v) is 13.8. The fraction of sp³-hybridized carbons (Fsp3) is 0.294. The third kappa shape index (κ3) is 3.16. The molecule has 1 aliphatic rings. The van der Waals surface area contributed by atoms with E-state index in [1.807, 2.05) is 19.1 Å². The zero-order valence-electron chi connectivity index (χ0n) is 13.8. The molecule has 0 bridgehead atoms. The quantitative estimate of drug-likeness (QED) is 0.749. The van der Waals surface area contributed by atoms with Crippen LogP contribution in [0.25, 0.3) is 10.9 Å². The summed E-state index contributed by atoms with van der Waals surface area (Å²) < 4.78 is 5.36. The number of aryl methyl sites for hydroxylation is 1. The van der Waals surface area contributed by atoms with E-state index in [0.29, 0.717) is 16.7 Å². The number of hydrogen-bond acceptors (Lipinski definition) is 7. The number of rotatable bonds is 3. The van der Waals surface area contributed by atoms with Gasteiger partial charge in [-0.1, -0.05) is 0 Å². The minimum Gasteiger partial charge on any atom is -0.378 e. The molecule has 25 heavy (non-hydrogen) atoms. The van der Waals surface area contributed by atoms with E-state index in [0.717, 1.165) is 43.5 Å². The van der Waals surface area contributed by atoms with Gasteiger partial charge in [-0.25, -0.2) is 15.0 Å². The second-order valence-electron chi connectivity index (χ2n) is 5.87. The smallest absolute Gasteiger partial charge is 0.262 e. The summed E-state index contributed by atoms with van der Waals surface area (Å²) in [4.78, 5) is 30.1. The maximum Gasteiger partial charge on any atom is 0.262 e. The van der Waals surface area contributed by atoms with Crippen LogP contribution >= 0.6 is 0 Å². The highest BCUT2D eigenvalue weighted by molar-refractivity contribution is 5.90. The number of hydrogen-bond donors (Lipinski definition) is 2. The average molecular weight is 338 g/mol. The Hall–Kier alpha value is -3.00. The molecule has 4 rings (SSSR count). The number of fused-ring (bicyclic) bond motifs is 1. The summed E-state index contributed by atoms with van der Waals surface area (Å²) in [6, 6.07) is 5.67. The van der Waals surface area contributed by atoms with Crippen molar-refractivity contribution >= 4 is 28.2 Å². The number of pyridine rings is 2. The number of H-pyrrole nitrogens is 1. The van der Waals surface area contributed by atoms with E-state index in [2.05, 4.69) is 30.2 Å². The molecule has 128 valence electrons. The summed E-state index contributed by atoms with van der Waals surface area (Å²) in [7, 11) is 0. The SMILES string of the molecule is Cc1cc2nc[nH]c(=O)c2c(Nc2ccc(N3CCOCC3)nc2)n1. The van der Waals surface area contributed by atoms with E-state index in [9.17, 15) is 4.79 Å². The molecule has 1 fully saturated rings. The van der Waals surface area contributed by atoms with Gasteiger partial charge in [0.15, 0.2) is 0 Å². The largest absolute Gasteiger partial charge is 0.378 e. The molecule has 0 spiro atoms. The molecule has 3 aromatic heterocycles. The Balaban J connectivity index is 1.64. The lowest BCUT2D eigenvalue weighted by molar-refractivity contribution is 0.122. The monoisotopic (exact) mass is 338 g/mol. The van der Waals surface area contributed by atoms with E-state index in [1.54, 1.807) is 12.3 Å². The lowest BCUT2D eigenvalue weighted by Crippen LogP contribution is -2.36. The first-order valence-corrected chi connectivity index (χ1v) is 8.11. The molecule has 8 heteroatoms. The van der Waals surface area contributed by atoms with Crippen molar-refractivity contribution in [2.24, 2.45) is 0 Å². The van der Waals surface area contributed by atoms with Gasteiger partial charge in [0.2, 0.25) is 0 Å². The van der Waals surface area contributed by atoms with Crippen molar-refractivity contribution in [2.75, 3.05) is 36.5 Å². The highest BCUT2D eigenvalue weighted by Crippen LogP contribution is 2.22. The molecule has 1 saturated heterocycles. The van der Waals surface area contributed by atoms with Crippen LogP contribution in [0.1, 0.15) is 5.69 Å². The predicted molar refractivity (Wildman–Crippen MR) is 95.4 cm³/mol. The molecular weight excluding hydrogens is 320 g/mol. The lowest BCUT2D eigenvalue weighted by atomic mass is 10.2. The van der Waals surface area contributed by atoms with Gasteiger partial charge in [-0.15, -0.1) is 0 Å². The van der Waals surface area contributed by atoms with E-state index in [4.69, 9.17) is 4.74 Å². The van der Waals surface area contributed by atoms with E-state index in [-0.39, 0.29) is 5.56 Å². The van der Waals surface area contributed by atoms with Crippen LogP contribution < -0.4 is 15.8 Å². The first kappa shape index (κ1) is 15.5. The second-order valence-corrected chi connectivity index (χ2v) is 5.87. The molecule has 0 atom stereocenters. The maximum absolute atomic E-state index is 12.2. The van der Waals surface area contributed by atoms with Crippen LogP contribution in [-0.2, 0) is 4.74 Å². The minimum absolute atomic E-state index is 0.224. The van der Waals surface area contributed by atoms with Gasteiger partial charge in [0, 0.05) is 18.8 Å². The van der Waals surface area contributed by atoms with Crippen LogP contribution in [0, 0.1) is 6.92 Å². The van der Waals surface area contributed by atoms with Crippen LogP contribution in [-0.4, -0.2) is 46.2 Å². The van der Waals surface area contributed by atoms with Gasteiger partial charge in [0.05, 0.1) is 36.9 Å². The number of aromatic amines is 1. The number of nitrogens with zero attached hydrogens (tertiary/aromatic N) is 4. The Morgan fingerprint density at radius 1 is 1.24 bits per heavy atom. The average Bonchev–Trinajstić information content (AvgIpc) is 2.63. The first-order chi connectivity index (χ1) is 12.2. The lowest BCUT2D eigenvalue weighted by Gasteiger charge is -2.27. The highest BCUT2D eigenvalue weighted by Gasteiger charge is 2.13. The summed E-state index contributed by atoms with van der Waals surface area (Å²) in [5.41, 5.74) is 1.93. The van der Waals surface area contributed by atoms with Gasteiger partial charge in [-0.3, -0.25) is 4.79 Å². The summed E-state index contributed by atoms with van der Waals surface area (Å²) in [5.74, 6) is 1.39. The molecule has 2 N–H and O–H groups in total. The molecule has 8 nitrogen and oxygen atoms in total. The zero-order chi connectivity index (χ0) is 17.2. The predicted octanol–water partition coefficient (Wildman–Crippen LogP) is 1.60. The van der Waals surface area contributed by atoms with Crippen molar-refractivity contribution in [2.45, 2.75) is 6.92 Å². The van der Waals surface area contributed by atoms with E-state index < -0.39 is 0 Å². The standard InChI is InChI=1S/C17H18N6O2/c1-11-8-13-15(17(24)20-10-19-13)16(21-11)22-12-2-3-14(18-9-12)23-4-6-25-7-5-23/h2-3,8-10H,4-7H2,1H3,(H,21,22)(H,19,20,24). The molecule has 0 aromatic carbocycles. The van der Waals surface area contributed by atoms with Crippen LogP contribution in [0.15, 0.2) is 35.5 Å². The Labute approximate surface area is 143 Å².